The third-order valence-corrected chi connectivity index (χ3v) is 2.00. The Kier molecular flexibility index (Phi) is 4.21. The largest absolute Gasteiger partial charge is 0.387 e. The van der Waals surface area contributed by atoms with Crippen molar-refractivity contribution in [1.82, 2.24) is 0 Å². The molecule has 82 valence electrons. The van der Waals surface area contributed by atoms with Gasteiger partial charge in [0.15, 0.2) is 0 Å². The van der Waals surface area contributed by atoms with Gasteiger partial charge in [0.2, 0.25) is 0 Å². The highest BCUT2D eigenvalue weighted by Gasteiger charge is 1.99. The lowest BCUT2D eigenvalue weighted by Gasteiger charge is -2.00. The Morgan fingerprint density at radius 1 is 1.27 bits per heavy atom. The first-order valence-electron chi connectivity index (χ1n) is 4.85. The van der Waals surface area contributed by atoms with Crippen LogP contribution in [0.15, 0.2) is 23.2 Å². The molecule has 0 amide bonds. The van der Waals surface area contributed by atoms with Gasteiger partial charge in [0.05, 0.1) is 5.84 Å². The molecule has 0 spiro atoms. The standard InChI is InChI=1S/C11H14F2N2/c1-2-11(14)15-4-3-8-5-9(12)7-10(13)6-8/h5-7H,2-4H2,1H3,(H2,14,15). The maximum Gasteiger partial charge on any atom is 0.126 e. The lowest BCUT2D eigenvalue weighted by Crippen LogP contribution is -2.10. The predicted octanol–water partition coefficient (Wildman–Crippen LogP) is 2.27. The number of amidine groups is 1. The molecule has 15 heavy (non-hydrogen) atoms. The summed E-state index contributed by atoms with van der Waals surface area (Å²) in [5.74, 6) is -0.554. The number of halogens is 2. The Balaban J connectivity index is 2.58. The van der Waals surface area contributed by atoms with Crippen molar-refractivity contribution in [2.75, 3.05) is 6.54 Å². The molecule has 0 fully saturated rings. The monoisotopic (exact) mass is 212 g/mol. The van der Waals surface area contributed by atoms with Crippen LogP contribution in [0.1, 0.15) is 18.9 Å². The van der Waals surface area contributed by atoms with Crippen LogP contribution in [0.3, 0.4) is 0 Å². The molecular weight excluding hydrogens is 198 g/mol. The molecule has 0 bridgehead atoms. The van der Waals surface area contributed by atoms with Gasteiger partial charge in [-0.05, 0) is 24.1 Å². The molecule has 2 N–H and O–H groups in total. The van der Waals surface area contributed by atoms with E-state index in [1.54, 1.807) is 0 Å². The number of nitrogens with two attached hydrogens (primary N) is 1. The second-order valence-corrected chi connectivity index (χ2v) is 3.25. The van der Waals surface area contributed by atoms with E-state index < -0.39 is 11.6 Å². The summed E-state index contributed by atoms with van der Waals surface area (Å²) in [6.45, 7) is 2.36. The molecule has 0 saturated heterocycles. The molecule has 0 aliphatic carbocycles. The highest BCUT2D eigenvalue weighted by molar-refractivity contribution is 5.79. The second kappa shape index (κ2) is 5.44. The van der Waals surface area contributed by atoms with Crippen LogP contribution in [-0.4, -0.2) is 12.4 Å². The molecule has 2 nitrogen and oxygen atoms in total. The van der Waals surface area contributed by atoms with Gasteiger partial charge in [-0.1, -0.05) is 6.92 Å². The van der Waals surface area contributed by atoms with Crippen LogP contribution in [0, 0.1) is 11.6 Å². The van der Waals surface area contributed by atoms with E-state index in [-0.39, 0.29) is 0 Å². The fourth-order valence-electron chi connectivity index (χ4n) is 1.20. The zero-order chi connectivity index (χ0) is 11.3. The van der Waals surface area contributed by atoms with Gasteiger partial charge in [-0.25, -0.2) is 8.78 Å². The van der Waals surface area contributed by atoms with Crippen molar-refractivity contribution < 1.29 is 8.78 Å². The minimum absolute atomic E-state index is 0.461. The average molecular weight is 212 g/mol. The van der Waals surface area contributed by atoms with Crippen molar-refractivity contribution in [3.8, 4) is 0 Å². The second-order valence-electron chi connectivity index (χ2n) is 3.25. The summed E-state index contributed by atoms with van der Waals surface area (Å²) >= 11 is 0. The zero-order valence-electron chi connectivity index (χ0n) is 8.63. The summed E-state index contributed by atoms with van der Waals surface area (Å²) in [4.78, 5) is 4.05. The summed E-state index contributed by atoms with van der Waals surface area (Å²) in [6, 6.07) is 3.47. The fraction of sp³-hybridized carbons (Fsp3) is 0.364. The Hall–Kier alpha value is -1.45. The summed E-state index contributed by atoms with van der Waals surface area (Å²) < 4.78 is 25.6. The van der Waals surface area contributed by atoms with Crippen LogP contribution < -0.4 is 5.73 Å². The highest BCUT2D eigenvalue weighted by atomic mass is 19.1. The van der Waals surface area contributed by atoms with Crippen molar-refractivity contribution in [2.24, 2.45) is 10.7 Å². The topological polar surface area (TPSA) is 38.4 Å². The Bertz CT molecular complexity index is 341. The molecule has 0 atom stereocenters. The van der Waals surface area contributed by atoms with Gasteiger partial charge < -0.3 is 5.73 Å². The van der Waals surface area contributed by atoms with Crippen molar-refractivity contribution >= 4 is 5.84 Å². The maximum atomic E-state index is 12.8. The Morgan fingerprint density at radius 2 is 1.87 bits per heavy atom. The molecule has 1 aromatic carbocycles. The van der Waals surface area contributed by atoms with Crippen LogP contribution >= 0.6 is 0 Å². The molecule has 4 heteroatoms. The molecular formula is C11H14F2N2. The van der Waals surface area contributed by atoms with E-state index >= 15 is 0 Å². The van der Waals surface area contributed by atoms with E-state index in [0.29, 0.717) is 30.8 Å². The summed E-state index contributed by atoms with van der Waals surface area (Å²) in [5.41, 5.74) is 6.10. The number of benzene rings is 1. The minimum Gasteiger partial charge on any atom is -0.387 e. The fourth-order valence-corrected chi connectivity index (χ4v) is 1.20. The highest BCUT2D eigenvalue weighted by Crippen LogP contribution is 2.08. The summed E-state index contributed by atoms with van der Waals surface area (Å²) in [5, 5.41) is 0. The molecule has 0 heterocycles. The Morgan fingerprint density at radius 3 is 2.40 bits per heavy atom. The minimum atomic E-state index is -0.558. The van der Waals surface area contributed by atoms with Crippen LogP contribution in [-0.2, 0) is 6.42 Å². The van der Waals surface area contributed by atoms with Gasteiger partial charge in [0, 0.05) is 19.0 Å². The average Bonchev–Trinajstić information content (AvgIpc) is 2.16. The molecule has 0 aliphatic heterocycles. The van der Waals surface area contributed by atoms with Crippen LogP contribution in [0.4, 0.5) is 8.78 Å². The zero-order valence-corrected chi connectivity index (χ0v) is 8.63. The number of rotatable bonds is 4. The van der Waals surface area contributed by atoms with Crippen LogP contribution in [0.2, 0.25) is 0 Å². The van der Waals surface area contributed by atoms with E-state index in [9.17, 15) is 8.78 Å². The third-order valence-electron chi connectivity index (χ3n) is 2.00. The lowest BCUT2D eigenvalue weighted by molar-refractivity contribution is 0.579. The lowest BCUT2D eigenvalue weighted by atomic mass is 10.1. The van der Waals surface area contributed by atoms with Gasteiger partial charge in [-0.2, -0.15) is 0 Å². The first-order valence-corrected chi connectivity index (χ1v) is 4.85. The van der Waals surface area contributed by atoms with Gasteiger partial charge >= 0.3 is 0 Å². The maximum absolute atomic E-state index is 12.8. The number of hydrogen-bond donors (Lipinski definition) is 1. The van der Waals surface area contributed by atoms with Gasteiger partial charge in [-0.15, -0.1) is 0 Å². The van der Waals surface area contributed by atoms with Gasteiger partial charge in [-0.3, -0.25) is 4.99 Å². The molecule has 1 rings (SSSR count). The Labute approximate surface area is 87.8 Å². The molecule has 0 aromatic heterocycles. The molecule has 0 unspecified atom stereocenters. The van der Waals surface area contributed by atoms with Crippen molar-refractivity contribution in [1.29, 1.82) is 0 Å². The summed E-state index contributed by atoms with van der Waals surface area (Å²) in [7, 11) is 0. The van der Waals surface area contributed by atoms with Crippen molar-refractivity contribution in [3.05, 3.63) is 35.4 Å². The predicted molar refractivity (Wildman–Crippen MR) is 56.8 cm³/mol. The van der Waals surface area contributed by atoms with Crippen LogP contribution in [0.5, 0.6) is 0 Å². The molecule has 0 aliphatic rings. The third kappa shape index (κ3) is 4.06. The first kappa shape index (κ1) is 11.6. The van der Waals surface area contributed by atoms with E-state index in [1.807, 2.05) is 6.92 Å². The van der Waals surface area contributed by atoms with Gasteiger partial charge in [0.1, 0.15) is 11.6 Å². The van der Waals surface area contributed by atoms with Crippen molar-refractivity contribution in [3.63, 3.8) is 0 Å². The van der Waals surface area contributed by atoms with E-state index in [1.165, 1.54) is 12.1 Å². The van der Waals surface area contributed by atoms with E-state index in [0.717, 1.165) is 6.07 Å². The van der Waals surface area contributed by atoms with E-state index in [2.05, 4.69) is 4.99 Å². The molecule has 0 saturated carbocycles. The normalized spacial score (nSPS) is 11.8. The number of aliphatic imine (C=N–C) groups is 1. The molecule has 0 radical (unpaired) electrons. The van der Waals surface area contributed by atoms with Crippen LogP contribution in [0.25, 0.3) is 0 Å². The quantitative estimate of drug-likeness (QED) is 0.603. The summed E-state index contributed by atoms with van der Waals surface area (Å²) in [6.07, 6.45) is 1.19. The van der Waals surface area contributed by atoms with E-state index in [4.69, 9.17) is 5.73 Å². The molecule has 1 aromatic rings. The number of nitrogens with zero attached hydrogens (tertiary/aromatic N) is 1. The number of hydrogen-bond acceptors (Lipinski definition) is 1. The van der Waals surface area contributed by atoms with Gasteiger partial charge in [0.25, 0.3) is 0 Å². The SMILES string of the molecule is CCC(N)=NCCc1cc(F)cc(F)c1. The first-order chi connectivity index (χ1) is 7.11. The smallest absolute Gasteiger partial charge is 0.126 e. The van der Waals surface area contributed by atoms with Crippen molar-refractivity contribution in [2.45, 2.75) is 19.8 Å².